The molecule has 4 unspecified atom stereocenters. The number of benzene rings is 2. The van der Waals surface area contributed by atoms with Crippen molar-refractivity contribution in [1.82, 2.24) is 25.1 Å². The second-order valence-electron chi connectivity index (χ2n) is 12.0. The molecule has 4 aromatic rings. The van der Waals surface area contributed by atoms with E-state index in [0.717, 1.165) is 28.5 Å². The highest BCUT2D eigenvalue weighted by atomic mass is 16.2. The number of H-pyrrole nitrogens is 1. The number of nitrogens with one attached hydrogen (secondary N) is 2. The Hall–Kier alpha value is -4.46. The third-order valence-corrected chi connectivity index (χ3v) is 8.94. The molecule has 2 N–H and O–H groups in total. The molecule has 4 atom stereocenters. The van der Waals surface area contributed by atoms with Crippen LogP contribution >= 0.6 is 0 Å². The molecule has 5 rings (SSSR count). The number of para-hydroxylation sites is 1. The SMILES string of the molecule is CCC(C)C(C(=O)NCC1C(C(C)C)CN1C(=O)c1ccc(-c2ccccc2)cn1)N(C)C(=O)c1cc2ccccc2[nH]1. The van der Waals surface area contributed by atoms with Crippen molar-refractivity contribution >= 4 is 28.6 Å². The molecule has 1 fully saturated rings. The third-order valence-electron chi connectivity index (χ3n) is 8.94. The van der Waals surface area contributed by atoms with E-state index in [-0.39, 0.29) is 35.6 Å². The van der Waals surface area contributed by atoms with E-state index < -0.39 is 6.04 Å². The second kappa shape index (κ2) is 12.8. The number of hydrogen-bond donors (Lipinski definition) is 2. The van der Waals surface area contributed by atoms with Crippen LogP contribution in [0.1, 0.15) is 55.1 Å². The zero-order chi connectivity index (χ0) is 30.7. The van der Waals surface area contributed by atoms with Gasteiger partial charge < -0.3 is 20.1 Å². The van der Waals surface area contributed by atoms with E-state index in [1.54, 1.807) is 19.3 Å². The number of carbonyl (C=O) groups is 3. The first-order valence-electron chi connectivity index (χ1n) is 15.1. The van der Waals surface area contributed by atoms with Crippen molar-refractivity contribution in [3.05, 3.63) is 90.4 Å². The van der Waals surface area contributed by atoms with E-state index in [4.69, 9.17) is 0 Å². The van der Waals surface area contributed by atoms with Gasteiger partial charge in [0.05, 0.1) is 6.04 Å². The first-order valence-corrected chi connectivity index (χ1v) is 15.1. The number of hydrogen-bond acceptors (Lipinski definition) is 4. The summed E-state index contributed by atoms with van der Waals surface area (Å²) in [6.07, 6.45) is 2.46. The average Bonchev–Trinajstić information content (AvgIpc) is 3.45. The summed E-state index contributed by atoms with van der Waals surface area (Å²) in [5.41, 5.74) is 3.71. The van der Waals surface area contributed by atoms with Crippen LogP contribution in [0.3, 0.4) is 0 Å². The molecule has 0 saturated carbocycles. The first kappa shape index (κ1) is 30.0. The van der Waals surface area contributed by atoms with Crippen molar-refractivity contribution in [2.24, 2.45) is 17.8 Å². The summed E-state index contributed by atoms with van der Waals surface area (Å²) >= 11 is 0. The second-order valence-corrected chi connectivity index (χ2v) is 12.0. The van der Waals surface area contributed by atoms with E-state index in [2.05, 4.69) is 29.1 Å². The van der Waals surface area contributed by atoms with Crippen LogP contribution < -0.4 is 5.32 Å². The lowest BCUT2D eigenvalue weighted by atomic mass is 9.79. The molecule has 8 nitrogen and oxygen atoms in total. The van der Waals surface area contributed by atoms with Gasteiger partial charge in [0.25, 0.3) is 11.8 Å². The largest absolute Gasteiger partial charge is 0.352 e. The molecule has 0 spiro atoms. The van der Waals surface area contributed by atoms with Crippen LogP contribution in [0.15, 0.2) is 79.0 Å². The summed E-state index contributed by atoms with van der Waals surface area (Å²) in [6, 6.07) is 22.4. The molecule has 0 bridgehead atoms. The highest BCUT2D eigenvalue weighted by molar-refractivity contribution is 6.00. The lowest BCUT2D eigenvalue weighted by molar-refractivity contribution is -0.127. The van der Waals surface area contributed by atoms with E-state index in [1.807, 2.05) is 85.5 Å². The number of carbonyl (C=O) groups excluding carboxylic acids is 3. The first-order chi connectivity index (χ1) is 20.7. The van der Waals surface area contributed by atoms with Crippen molar-refractivity contribution in [3.8, 4) is 11.1 Å². The van der Waals surface area contributed by atoms with Crippen molar-refractivity contribution in [3.63, 3.8) is 0 Å². The van der Waals surface area contributed by atoms with Gasteiger partial charge in [-0.3, -0.25) is 19.4 Å². The van der Waals surface area contributed by atoms with Gasteiger partial charge in [0.2, 0.25) is 5.91 Å². The molecule has 2 aromatic carbocycles. The van der Waals surface area contributed by atoms with Crippen LogP contribution in [0.25, 0.3) is 22.0 Å². The summed E-state index contributed by atoms with van der Waals surface area (Å²) in [4.78, 5) is 51.7. The van der Waals surface area contributed by atoms with Crippen LogP contribution in [-0.4, -0.2) is 69.7 Å². The normalized spacial score (nSPS) is 17.8. The van der Waals surface area contributed by atoms with Crippen LogP contribution in [-0.2, 0) is 4.79 Å². The lowest BCUT2D eigenvalue weighted by Crippen LogP contribution is -2.65. The van der Waals surface area contributed by atoms with Crippen LogP contribution in [0, 0.1) is 17.8 Å². The number of pyridine rings is 1. The zero-order valence-electron chi connectivity index (χ0n) is 25.6. The predicted molar refractivity (Wildman–Crippen MR) is 169 cm³/mol. The Morgan fingerprint density at radius 3 is 2.37 bits per heavy atom. The molecule has 43 heavy (non-hydrogen) atoms. The van der Waals surface area contributed by atoms with Gasteiger partial charge in [0.1, 0.15) is 17.4 Å². The van der Waals surface area contributed by atoms with Crippen molar-refractivity contribution in [2.45, 2.75) is 46.2 Å². The number of aromatic nitrogens is 2. The maximum atomic E-state index is 13.7. The molecule has 8 heteroatoms. The lowest BCUT2D eigenvalue weighted by Gasteiger charge is -2.50. The molecule has 0 radical (unpaired) electrons. The Labute approximate surface area is 253 Å². The Morgan fingerprint density at radius 2 is 1.72 bits per heavy atom. The average molecular weight is 580 g/mol. The number of nitrogens with zero attached hydrogens (tertiary/aromatic N) is 3. The standard InChI is InChI=1S/C35H41N5O3/c1-6-23(4)32(39(5)34(42)30-18-25-14-10-11-15-28(25)38-30)33(41)37-20-31-27(22(2)3)21-40(31)35(43)29-17-16-26(19-36-29)24-12-8-7-9-13-24/h7-19,22-23,27,31-32,38H,6,20-21H2,1-5H3,(H,37,41). The Kier molecular flexibility index (Phi) is 8.94. The maximum absolute atomic E-state index is 13.7. The third kappa shape index (κ3) is 6.19. The van der Waals surface area contributed by atoms with Crippen LogP contribution in [0.2, 0.25) is 0 Å². The van der Waals surface area contributed by atoms with E-state index >= 15 is 0 Å². The molecule has 3 amide bonds. The van der Waals surface area contributed by atoms with Crippen molar-refractivity contribution in [2.75, 3.05) is 20.1 Å². The summed E-state index contributed by atoms with van der Waals surface area (Å²) < 4.78 is 0. The fraction of sp³-hybridized carbons (Fsp3) is 0.371. The monoisotopic (exact) mass is 579 g/mol. The summed E-state index contributed by atoms with van der Waals surface area (Å²) in [6.45, 7) is 9.22. The van der Waals surface area contributed by atoms with Gasteiger partial charge in [0, 0.05) is 48.7 Å². The van der Waals surface area contributed by atoms with Gasteiger partial charge in [0.15, 0.2) is 0 Å². The fourth-order valence-electron chi connectivity index (χ4n) is 6.05. The highest BCUT2D eigenvalue weighted by Gasteiger charge is 2.44. The van der Waals surface area contributed by atoms with E-state index in [0.29, 0.717) is 30.4 Å². The highest BCUT2D eigenvalue weighted by Crippen LogP contribution is 2.32. The number of rotatable bonds is 10. The minimum atomic E-state index is -0.655. The van der Waals surface area contributed by atoms with Gasteiger partial charge >= 0.3 is 0 Å². The quantitative estimate of drug-likeness (QED) is 0.254. The van der Waals surface area contributed by atoms with Gasteiger partial charge in [-0.1, -0.05) is 88.7 Å². The summed E-state index contributed by atoms with van der Waals surface area (Å²) in [7, 11) is 1.69. The number of amides is 3. The molecule has 0 aliphatic carbocycles. The molecule has 3 heterocycles. The molecule has 2 aromatic heterocycles. The molecular formula is C35H41N5O3. The molecule has 1 aliphatic rings. The van der Waals surface area contributed by atoms with Crippen molar-refractivity contribution in [1.29, 1.82) is 0 Å². The topological polar surface area (TPSA) is 98.4 Å². The fourth-order valence-corrected chi connectivity index (χ4v) is 6.05. The molecule has 1 saturated heterocycles. The summed E-state index contributed by atoms with van der Waals surface area (Å²) in [5.74, 6) is -0.0572. The predicted octanol–water partition coefficient (Wildman–Crippen LogP) is 5.63. The van der Waals surface area contributed by atoms with Gasteiger partial charge in [-0.15, -0.1) is 0 Å². The Morgan fingerprint density at radius 1 is 1.00 bits per heavy atom. The van der Waals surface area contributed by atoms with Crippen LogP contribution in [0.5, 0.6) is 0 Å². The maximum Gasteiger partial charge on any atom is 0.272 e. The number of aromatic amines is 1. The number of fused-ring (bicyclic) bond motifs is 1. The van der Waals surface area contributed by atoms with E-state index in [1.165, 1.54) is 4.90 Å². The molecular weight excluding hydrogens is 538 g/mol. The minimum Gasteiger partial charge on any atom is -0.352 e. The van der Waals surface area contributed by atoms with Crippen LogP contribution in [0.4, 0.5) is 0 Å². The number of likely N-dealkylation sites (tertiary alicyclic amines) is 1. The zero-order valence-corrected chi connectivity index (χ0v) is 25.6. The molecule has 224 valence electrons. The van der Waals surface area contributed by atoms with Gasteiger partial charge in [-0.05, 0) is 35.6 Å². The smallest absolute Gasteiger partial charge is 0.272 e. The molecule has 1 aliphatic heterocycles. The van der Waals surface area contributed by atoms with Crippen molar-refractivity contribution < 1.29 is 14.4 Å². The Balaban J connectivity index is 1.28. The van der Waals surface area contributed by atoms with Gasteiger partial charge in [-0.25, -0.2) is 0 Å². The number of likely N-dealkylation sites (N-methyl/N-ethyl adjacent to an activating group) is 1. The van der Waals surface area contributed by atoms with Gasteiger partial charge in [-0.2, -0.15) is 0 Å². The Bertz CT molecular complexity index is 1550. The summed E-state index contributed by atoms with van der Waals surface area (Å²) in [5, 5.41) is 4.05. The van der Waals surface area contributed by atoms with E-state index in [9.17, 15) is 14.4 Å². The minimum absolute atomic E-state index is 0.0642.